The Kier molecular flexibility index (Phi) is 7.47. The minimum absolute atomic E-state index is 0.00478. The van der Waals surface area contributed by atoms with Crippen molar-refractivity contribution < 1.29 is 14.3 Å². The Morgan fingerprint density at radius 2 is 1.97 bits per heavy atom. The number of carbonyl (C=O) groups excluding carboxylic acids is 2. The molecule has 2 amide bonds. The first kappa shape index (κ1) is 21.1. The summed E-state index contributed by atoms with van der Waals surface area (Å²) in [6.45, 7) is 0.598. The maximum Gasteiger partial charge on any atom is 0.253 e. The standard InChI is InChI=1S/C22H26ClN3O3/c1-29-20-10-7-17(14-25-20)22(28)26-19-8-5-16(6-9-19)21(27)24-12-11-15-3-2-4-18(23)13-15/h2-4,7,10,13-14,16,19H,5-6,8-9,11-12H2,1H3,(H,24,27)(H,26,28). The first-order chi connectivity index (χ1) is 14.0. The van der Waals surface area contributed by atoms with E-state index in [4.69, 9.17) is 16.3 Å². The highest BCUT2D eigenvalue weighted by Crippen LogP contribution is 2.25. The van der Waals surface area contributed by atoms with Crippen LogP contribution in [0.5, 0.6) is 5.88 Å². The molecular weight excluding hydrogens is 390 g/mol. The van der Waals surface area contributed by atoms with E-state index in [1.54, 1.807) is 12.1 Å². The zero-order chi connectivity index (χ0) is 20.6. The summed E-state index contributed by atoms with van der Waals surface area (Å²) >= 11 is 5.98. The predicted octanol–water partition coefficient (Wildman–Crippen LogP) is 3.39. The Morgan fingerprint density at radius 1 is 1.17 bits per heavy atom. The van der Waals surface area contributed by atoms with Crippen molar-refractivity contribution in [2.75, 3.05) is 13.7 Å². The molecule has 0 unspecified atom stereocenters. The number of rotatable bonds is 7. The molecule has 1 heterocycles. The van der Waals surface area contributed by atoms with Crippen molar-refractivity contribution in [3.63, 3.8) is 0 Å². The number of nitrogens with zero attached hydrogens (tertiary/aromatic N) is 1. The lowest BCUT2D eigenvalue weighted by Crippen LogP contribution is -2.41. The summed E-state index contributed by atoms with van der Waals surface area (Å²) in [5.41, 5.74) is 1.61. The average Bonchev–Trinajstić information content (AvgIpc) is 2.74. The quantitative estimate of drug-likeness (QED) is 0.726. The SMILES string of the molecule is COc1ccc(C(=O)NC2CCC(C(=O)NCCc3cccc(Cl)c3)CC2)cn1. The summed E-state index contributed by atoms with van der Waals surface area (Å²) in [5.74, 6) is 0.430. The van der Waals surface area contributed by atoms with Crippen molar-refractivity contribution in [2.45, 2.75) is 38.1 Å². The van der Waals surface area contributed by atoms with E-state index in [-0.39, 0.29) is 23.8 Å². The number of hydrogen-bond acceptors (Lipinski definition) is 4. The highest BCUT2D eigenvalue weighted by molar-refractivity contribution is 6.30. The summed E-state index contributed by atoms with van der Waals surface area (Å²) in [4.78, 5) is 28.8. The number of ether oxygens (including phenoxy) is 1. The van der Waals surface area contributed by atoms with Crippen LogP contribution in [0.2, 0.25) is 5.02 Å². The van der Waals surface area contributed by atoms with Crippen LogP contribution in [-0.2, 0) is 11.2 Å². The van der Waals surface area contributed by atoms with E-state index in [1.807, 2.05) is 24.3 Å². The third-order valence-corrected chi connectivity index (χ3v) is 5.48. The van der Waals surface area contributed by atoms with Crippen LogP contribution in [0, 0.1) is 5.92 Å². The number of amides is 2. The van der Waals surface area contributed by atoms with Crippen molar-refractivity contribution in [3.8, 4) is 5.88 Å². The number of nitrogens with one attached hydrogen (secondary N) is 2. The van der Waals surface area contributed by atoms with E-state index < -0.39 is 0 Å². The van der Waals surface area contributed by atoms with Gasteiger partial charge < -0.3 is 15.4 Å². The van der Waals surface area contributed by atoms with Gasteiger partial charge in [-0.25, -0.2) is 4.98 Å². The van der Waals surface area contributed by atoms with Gasteiger partial charge in [-0.2, -0.15) is 0 Å². The number of halogens is 1. The van der Waals surface area contributed by atoms with Crippen LogP contribution < -0.4 is 15.4 Å². The van der Waals surface area contributed by atoms with Crippen molar-refractivity contribution in [1.82, 2.24) is 15.6 Å². The van der Waals surface area contributed by atoms with Crippen molar-refractivity contribution in [2.24, 2.45) is 5.92 Å². The minimum atomic E-state index is -0.144. The highest BCUT2D eigenvalue weighted by atomic mass is 35.5. The Bertz CT molecular complexity index is 833. The molecule has 29 heavy (non-hydrogen) atoms. The summed E-state index contributed by atoms with van der Waals surface area (Å²) in [6.07, 6.45) is 5.40. The second-order valence-corrected chi connectivity index (χ2v) is 7.72. The number of carbonyl (C=O) groups is 2. The van der Waals surface area contributed by atoms with Gasteiger partial charge in [0.1, 0.15) is 0 Å². The van der Waals surface area contributed by atoms with Gasteiger partial charge in [0.25, 0.3) is 5.91 Å². The van der Waals surface area contributed by atoms with Crippen LogP contribution in [0.4, 0.5) is 0 Å². The van der Waals surface area contributed by atoms with E-state index in [0.29, 0.717) is 23.0 Å². The van der Waals surface area contributed by atoms with Crippen LogP contribution in [0.25, 0.3) is 0 Å². The maximum atomic E-state index is 12.4. The molecule has 0 saturated heterocycles. The minimum Gasteiger partial charge on any atom is -0.481 e. The molecule has 0 atom stereocenters. The molecule has 0 radical (unpaired) electrons. The number of pyridine rings is 1. The highest BCUT2D eigenvalue weighted by Gasteiger charge is 2.27. The Labute approximate surface area is 176 Å². The van der Waals surface area contributed by atoms with Gasteiger partial charge in [-0.15, -0.1) is 0 Å². The number of benzene rings is 1. The van der Waals surface area contributed by atoms with Gasteiger partial charge in [0.15, 0.2) is 0 Å². The second-order valence-electron chi connectivity index (χ2n) is 7.28. The summed E-state index contributed by atoms with van der Waals surface area (Å²) in [6, 6.07) is 11.1. The number of aromatic nitrogens is 1. The molecule has 1 saturated carbocycles. The van der Waals surface area contributed by atoms with Crippen molar-refractivity contribution in [1.29, 1.82) is 0 Å². The lowest BCUT2D eigenvalue weighted by atomic mass is 9.85. The zero-order valence-corrected chi connectivity index (χ0v) is 17.2. The summed E-state index contributed by atoms with van der Waals surface area (Å²) < 4.78 is 5.00. The molecule has 2 aromatic rings. The molecule has 1 fully saturated rings. The van der Waals surface area contributed by atoms with Gasteiger partial charge in [0.05, 0.1) is 12.7 Å². The van der Waals surface area contributed by atoms with Crippen LogP contribution in [0.3, 0.4) is 0 Å². The molecule has 1 aliphatic rings. The van der Waals surface area contributed by atoms with E-state index >= 15 is 0 Å². The first-order valence-electron chi connectivity index (χ1n) is 9.88. The zero-order valence-electron chi connectivity index (χ0n) is 16.5. The van der Waals surface area contributed by atoms with Gasteiger partial charge in [0.2, 0.25) is 11.8 Å². The molecule has 7 heteroatoms. The smallest absolute Gasteiger partial charge is 0.253 e. The summed E-state index contributed by atoms with van der Waals surface area (Å²) in [7, 11) is 1.54. The largest absolute Gasteiger partial charge is 0.481 e. The van der Waals surface area contributed by atoms with E-state index in [2.05, 4.69) is 15.6 Å². The third-order valence-electron chi connectivity index (χ3n) is 5.24. The van der Waals surface area contributed by atoms with Crippen molar-refractivity contribution >= 4 is 23.4 Å². The molecule has 154 valence electrons. The maximum absolute atomic E-state index is 12.4. The fraction of sp³-hybridized carbons (Fsp3) is 0.409. The monoisotopic (exact) mass is 415 g/mol. The fourth-order valence-corrected chi connectivity index (χ4v) is 3.78. The van der Waals surface area contributed by atoms with Crippen LogP contribution in [0.15, 0.2) is 42.6 Å². The summed E-state index contributed by atoms with van der Waals surface area (Å²) in [5, 5.41) is 6.77. The number of methoxy groups -OCH3 is 1. The Morgan fingerprint density at radius 3 is 2.62 bits per heavy atom. The van der Waals surface area contributed by atoms with Gasteiger partial charge in [-0.3, -0.25) is 9.59 Å². The molecular formula is C22H26ClN3O3. The lowest BCUT2D eigenvalue weighted by Gasteiger charge is -2.28. The van der Waals surface area contributed by atoms with Crippen LogP contribution >= 0.6 is 11.6 Å². The molecule has 0 bridgehead atoms. The van der Waals surface area contributed by atoms with Gasteiger partial charge in [0, 0.05) is 35.8 Å². The normalized spacial score (nSPS) is 18.7. The Hall–Kier alpha value is -2.60. The second kappa shape index (κ2) is 10.3. The van der Waals surface area contributed by atoms with Gasteiger partial charge in [-0.05, 0) is 55.9 Å². The molecule has 0 aliphatic heterocycles. The van der Waals surface area contributed by atoms with E-state index in [1.165, 1.54) is 13.3 Å². The van der Waals surface area contributed by atoms with E-state index in [9.17, 15) is 9.59 Å². The molecule has 1 aromatic heterocycles. The van der Waals surface area contributed by atoms with Crippen molar-refractivity contribution in [3.05, 3.63) is 58.7 Å². The average molecular weight is 416 g/mol. The molecule has 0 spiro atoms. The topological polar surface area (TPSA) is 80.3 Å². The Balaban J connectivity index is 1.38. The molecule has 1 aromatic carbocycles. The molecule has 6 nitrogen and oxygen atoms in total. The van der Waals surface area contributed by atoms with Gasteiger partial charge in [-0.1, -0.05) is 23.7 Å². The van der Waals surface area contributed by atoms with E-state index in [0.717, 1.165) is 37.7 Å². The van der Waals surface area contributed by atoms with Crippen LogP contribution in [0.1, 0.15) is 41.6 Å². The predicted molar refractivity (Wildman–Crippen MR) is 112 cm³/mol. The molecule has 1 aliphatic carbocycles. The van der Waals surface area contributed by atoms with Crippen LogP contribution in [-0.4, -0.2) is 36.5 Å². The lowest BCUT2D eigenvalue weighted by molar-refractivity contribution is -0.126. The van der Waals surface area contributed by atoms with Gasteiger partial charge >= 0.3 is 0 Å². The molecule has 3 rings (SSSR count). The third kappa shape index (κ3) is 6.19. The first-order valence-corrected chi connectivity index (χ1v) is 10.3. The fourth-order valence-electron chi connectivity index (χ4n) is 3.57. The molecule has 2 N–H and O–H groups in total. The number of hydrogen-bond donors (Lipinski definition) is 2.